The highest BCUT2D eigenvalue weighted by atomic mass is 16.2. The van der Waals surface area contributed by atoms with Crippen LogP contribution in [0.15, 0.2) is 0 Å². The molecule has 0 aliphatic carbocycles. The number of nitriles is 1. The van der Waals surface area contributed by atoms with Gasteiger partial charge in [-0.2, -0.15) is 5.26 Å². The van der Waals surface area contributed by atoms with Crippen molar-refractivity contribution >= 4 is 0 Å². The molecule has 5 heteroatoms. The summed E-state index contributed by atoms with van der Waals surface area (Å²) in [5, 5.41) is 26.1. The molecule has 0 amide bonds. The van der Waals surface area contributed by atoms with E-state index in [2.05, 4.69) is 37.2 Å². The van der Waals surface area contributed by atoms with Crippen molar-refractivity contribution < 1.29 is 5.11 Å². The summed E-state index contributed by atoms with van der Waals surface area (Å²) in [6.07, 6.45) is 3.93. The van der Waals surface area contributed by atoms with E-state index >= 15 is 0 Å². The van der Waals surface area contributed by atoms with Crippen LogP contribution in [0, 0.1) is 17.2 Å². The molecule has 1 N–H and O–H groups in total. The lowest BCUT2D eigenvalue weighted by Crippen LogP contribution is -2.13. The first-order valence-corrected chi connectivity index (χ1v) is 7.00. The number of nitrogens with zero attached hydrogens (tertiary/aromatic N) is 4. The number of rotatable bonds is 8. The second kappa shape index (κ2) is 7.90. The van der Waals surface area contributed by atoms with E-state index in [9.17, 15) is 0 Å². The lowest BCUT2D eigenvalue weighted by molar-refractivity contribution is 0.269. The summed E-state index contributed by atoms with van der Waals surface area (Å²) in [5.41, 5.74) is 1.89. The van der Waals surface area contributed by atoms with Crippen LogP contribution in [0.5, 0.6) is 0 Å². The molecule has 0 bridgehead atoms. The predicted molar refractivity (Wildman–Crippen MR) is 73.5 cm³/mol. The molecular weight excluding hydrogens is 240 g/mol. The van der Waals surface area contributed by atoms with Crippen LogP contribution in [0.2, 0.25) is 0 Å². The average molecular weight is 264 g/mol. The zero-order valence-corrected chi connectivity index (χ0v) is 12.1. The highest BCUT2D eigenvalue weighted by molar-refractivity contribution is 5.15. The minimum Gasteiger partial charge on any atom is -0.396 e. The summed E-state index contributed by atoms with van der Waals surface area (Å²) in [6, 6.07) is 2.37. The van der Waals surface area contributed by atoms with Gasteiger partial charge in [-0.3, -0.25) is 0 Å². The molecule has 5 nitrogen and oxygen atoms in total. The van der Waals surface area contributed by atoms with Gasteiger partial charge in [-0.25, -0.2) is 4.68 Å². The Balaban J connectivity index is 2.86. The van der Waals surface area contributed by atoms with Crippen molar-refractivity contribution in [2.24, 2.45) is 5.92 Å². The van der Waals surface area contributed by atoms with Crippen molar-refractivity contribution in [3.8, 4) is 6.07 Å². The van der Waals surface area contributed by atoms with Crippen LogP contribution in [-0.2, 0) is 12.8 Å². The Bertz CT molecular complexity index is 420. The number of aromatic nitrogens is 3. The molecule has 1 aromatic rings. The Hall–Kier alpha value is -1.41. The molecule has 0 spiro atoms. The second-order valence-corrected chi connectivity index (χ2v) is 5.41. The largest absolute Gasteiger partial charge is 0.396 e. The molecule has 0 saturated heterocycles. The topological polar surface area (TPSA) is 74.7 Å². The molecule has 0 aliphatic rings. The number of hydrogen-bond acceptors (Lipinski definition) is 4. The van der Waals surface area contributed by atoms with E-state index < -0.39 is 0 Å². The van der Waals surface area contributed by atoms with Gasteiger partial charge in [-0.05, 0) is 38.5 Å². The van der Waals surface area contributed by atoms with Crippen LogP contribution >= 0.6 is 0 Å². The fraction of sp³-hybridized carbons (Fsp3) is 0.786. The molecular formula is C14H24N4O. The summed E-state index contributed by atoms with van der Waals surface area (Å²) in [6.45, 7) is 6.66. The predicted octanol–water partition coefficient (Wildman–Crippen LogP) is 2.27. The molecule has 0 aliphatic heterocycles. The standard InChI is InChI=1S/C14H24N4O/c1-11(2)6-7-14-13(8-9-15)16-17-18(14)12(3)5-4-10-19/h11-12,19H,4-8,10H2,1-3H3. The van der Waals surface area contributed by atoms with E-state index in [1.807, 2.05) is 4.68 Å². The zero-order valence-electron chi connectivity index (χ0n) is 12.1. The summed E-state index contributed by atoms with van der Waals surface area (Å²) >= 11 is 0. The normalized spacial score (nSPS) is 12.6. The molecule has 0 fully saturated rings. The van der Waals surface area contributed by atoms with Gasteiger partial charge in [-0.1, -0.05) is 19.1 Å². The highest BCUT2D eigenvalue weighted by Gasteiger charge is 2.17. The molecule has 19 heavy (non-hydrogen) atoms. The van der Waals surface area contributed by atoms with Crippen molar-refractivity contribution in [2.45, 2.75) is 58.9 Å². The van der Waals surface area contributed by atoms with Gasteiger partial charge in [0.1, 0.15) is 0 Å². The molecule has 1 aromatic heterocycles. The van der Waals surface area contributed by atoms with E-state index in [1.165, 1.54) is 0 Å². The van der Waals surface area contributed by atoms with Crippen molar-refractivity contribution in [1.82, 2.24) is 15.0 Å². The van der Waals surface area contributed by atoms with Gasteiger partial charge >= 0.3 is 0 Å². The van der Waals surface area contributed by atoms with E-state index in [0.717, 1.165) is 37.1 Å². The first-order chi connectivity index (χ1) is 9.10. The van der Waals surface area contributed by atoms with Crippen LogP contribution in [0.4, 0.5) is 0 Å². The van der Waals surface area contributed by atoms with Crippen molar-refractivity contribution in [2.75, 3.05) is 6.61 Å². The monoisotopic (exact) mass is 264 g/mol. The highest BCUT2D eigenvalue weighted by Crippen LogP contribution is 2.19. The number of aliphatic hydroxyl groups is 1. The number of hydrogen-bond donors (Lipinski definition) is 1. The fourth-order valence-electron chi connectivity index (χ4n) is 2.11. The third kappa shape index (κ3) is 4.64. The third-order valence-corrected chi connectivity index (χ3v) is 3.27. The van der Waals surface area contributed by atoms with Gasteiger partial charge in [0.05, 0.1) is 29.9 Å². The Morgan fingerprint density at radius 3 is 2.63 bits per heavy atom. The fourth-order valence-corrected chi connectivity index (χ4v) is 2.11. The molecule has 0 aromatic carbocycles. The smallest absolute Gasteiger partial charge is 0.0999 e. The van der Waals surface area contributed by atoms with Crippen molar-refractivity contribution in [3.05, 3.63) is 11.4 Å². The Labute approximate surface area is 115 Å². The van der Waals surface area contributed by atoms with Crippen molar-refractivity contribution in [1.29, 1.82) is 5.26 Å². The van der Waals surface area contributed by atoms with Gasteiger partial charge in [0, 0.05) is 6.61 Å². The summed E-state index contributed by atoms with van der Waals surface area (Å²) < 4.78 is 1.94. The maximum absolute atomic E-state index is 8.91. The summed E-state index contributed by atoms with van der Waals surface area (Å²) in [5.74, 6) is 0.617. The molecule has 1 heterocycles. The molecule has 1 rings (SSSR count). The van der Waals surface area contributed by atoms with E-state index in [4.69, 9.17) is 10.4 Å². The first-order valence-electron chi connectivity index (χ1n) is 7.00. The first kappa shape index (κ1) is 15.6. The maximum Gasteiger partial charge on any atom is 0.0999 e. The third-order valence-electron chi connectivity index (χ3n) is 3.27. The Kier molecular flexibility index (Phi) is 6.51. The van der Waals surface area contributed by atoms with E-state index in [-0.39, 0.29) is 12.6 Å². The second-order valence-electron chi connectivity index (χ2n) is 5.41. The lowest BCUT2D eigenvalue weighted by Gasteiger charge is -2.15. The van der Waals surface area contributed by atoms with Gasteiger partial charge in [0.25, 0.3) is 0 Å². The lowest BCUT2D eigenvalue weighted by atomic mass is 10.0. The molecule has 1 atom stereocenters. The van der Waals surface area contributed by atoms with Gasteiger partial charge in [-0.15, -0.1) is 5.10 Å². The van der Waals surface area contributed by atoms with Gasteiger partial charge in [0.2, 0.25) is 0 Å². The van der Waals surface area contributed by atoms with Gasteiger partial charge in [0.15, 0.2) is 0 Å². The van der Waals surface area contributed by atoms with E-state index in [0.29, 0.717) is 12.3 Å². The summed E-state index contributed by atoms with van der Waals surface area (Å²) in [7, 11) is 0. The minimum atomic E-state index is 0.200. The average Bonchev–Trinajstić information content (AvgIpc) is 2.77. The molecule has 0 radical (unpaired) electrons. The Morgan fingerprint density at radius 1 is 1.32 bits per heavy atom. The van der Waals surface area contributed by atoms with Crippen LogP contribution < -0.4 is 0 Å². The van der Waals surface area contributed by atoms with E-state index in [1.54, 1.807) is 0 Å². The van der Waals surface area contributed by atoms with Gasteiger partial charge < -0.3 is 5.11 Å². The minimum absolute atomic E-state index is 0.200. The maximum atomic E-state index is 8.91. The summed E-state index contributed by atoms with van der Waals surface area (Å²) in [4.78, 5) is 0. The van der Waals surface area contributed by atoms with Crippen LogP contribution in [-0.4, -0.2) is 26.7 Å². The van der Waals surface area contributed by atoms with Crippen LogP contribution in [0.3, 0.4) is 0 Å². The zero-order chi connectivity index (χ0) is 14.3. The SMILES string of the molecule is CC(C)CCc1c(CC#N)nnn1C(C)CCCO. The molecule has 106 valence electrons. The Morgan fingerprint density at radius 2 is 2.05 bits per heavy atom. The molecule has 1 unspecified atom stereocenters. The number of aliphatic hydroxyl groups excluding tert-OH is 1. The quantitative estimate of drug-likeness (QED) is 0.781. The van der Waals surface area contributed by atoms with Crippen LogP contribution in [0.1, 0.15) is 57.5 Å². The van der Waals surface area contributed by atoms with Crippen molar-refractivity contribution in [3.63, 3.8) is 0 Å². The van der Waals surface area contributed by atoms with Crippen LogP contribution in [0.25, 0.3) is 0 Å². The molecule has 0 saturated carbocycles.